The summed E-state index contributed by atoms with van der Waals surface area (Å²) < 4.78 is 22.3. The van der Waals surface area contributed by atoms with E-state index in [1.807, 2.05) is 6.92 Å². The molecule has 2 N–H and O–H groups in total. The van der Waals surface area contributed by atoms with E-state index in [-0.39, 0.29) is 0 Å². The third-order valence-corrected chi connectivity index (χ3v) is 2.33. The van der Waals surface area contributed by atoms with E-state index < -0.39 is 11.3 Å². The first-order valence-electron chi connectivity index (χ1n) is 3.71. The summed E-state index contributed by atoms with van der Waals surface area (Å²) >= 11 is -2.25. The van der Waals surface area contributed by atoms with Crippen molar-refractivity contribution in [2.24, 2.45) is 0 Å². The average Bonchev–Trinajstić information content (AvgIpc) is 2.01. The molecule has 0 aliphatic carbocycles. The molecule has 0 aliphatic rings. The summed E-state index contributed by atoms with van der Waals surface area (Å²) in [6.07, 6.45) is 0. The van der Waals surface area contributed by atoms with Crippen molar-refractivity contribution in [3.63, 3.8) is 0 Å². The Morgan fingerprint density at radius 1 is 1.46 bits per heavy atom. The zero-order chi connectivity index (χ0) is 10.0. The first kappa shape index (κ1) is 10.0. The molecule has 1 aromatic rings. The van der Waals surface area contributed by atoms with Crippen LogP contribution < -0.4 is 10.0 Å². The van der Waals surface area contributed by atoms with Crippen molar-refractivity contribution >= 4 is 22.6 Å². The summed E-state index contributed by atoms with van der Waals surface area (Å²) in [7, 11) is 1.47. The van der Waals surface area contributed by atoms with Crippen molar-refractivity contribution in [2.75, 3.05) is 17.1 Å². The second-order valence-corrected chi connectivity index (χ2v) is 3.80. The van der Waals surface area contributed by atoms with Crippen molar-refractivity contribution in [1.82, 2.24) is 0 Å². The summed E-state index contributed by atoms with van der Waals surface area (Å²) in [6, 6.07) is 5.15. The third-order valence-electron chi connectivity index (χ3n) is 1.67. The molecule has 0 aliphatic heterocycles. The Labute approximate surface area is 79.8 Å². The SMILES string of the molecule is Cc1cc(N)cc(N(C)S(=O)[O-])c1. The van der Waals surface area contributed by atoms with Gasteiger partial charge in [0.2, 0.25) is 0 Å². The molecule has 1 unspecified atom stereocenters. The molecule has 1 rings (SSSR count). The van der Waals surface area contributed by atoms with Gasteiger partial charge in [-0.1, -0.05) is 0 Å². The number of rotatable bonds is 2. The summed E-state index contributed by atoms with van der Waals surface area (Å²) in [5.41, 5.74) is 7.64. The smallest absolute Gasteiger partial charge is 0.0502 e. The van der Waals surface area contributed by atoms with Gasteiger partial charge in [-0.05, 0) is 30.7 Å². The summed E-state index contributed by atoms with van der Waals surface area (Å²) in [5, 5.41) is 0. The molecule has 0 saturated carbocycles. The van der Waals surface area contributed by atoms with Crippen LogP contribution in [0.4, 0.5) is 11.4 Å². The monoisotopic (exact) mass is 199 g/mol. The number of anilines is 2. The number of nitrogen functional groups attached to an aromatic ring is 1. The van der Waals surface area contributed by atoms with Crippen LogP contribution in [0.5, 0.6) is 0 Å². The highest BCUT2D eigenvalue weighted by atomic mass is 32.2. The van der Waals surface area contributed by atoms with Gasteiger partial charge in [-0.2, -0.15) is 0 Å². The lowest BCUT2D eigenvalue weighted by Gasteiger charge is -2.21. The van der Waals surface area contributed by atoms with Gasteiger partial charge >= 0.3 is 0 Å². The van der Waals surface area contributed by atoms with Crippen LogP contribution in [0.3, 0.4) is 0 Å². The van der Waals surface area contributed by atoms with E-state index >= 15 is 0 Å². The Morgan fingerprint density at radius 3 is 2.54 bits per heavy atom. The van der Waals surface area contributed by atoms with Crippen LogP contribution in [0.25, 0.3) is 0 Å². The van der Waals surface area contributed by atoms with Crippen molar-refractivity contribution in [2.45, 2.75) is 6.92 Å². The number of nitrogens with two attached hydrogens (primary N) is 1. The van der Waals surface area contributed by atoms with E-state index in [4.69, 9.17) is 5.73 Å². The van der Waals surface area contributed by atoms with Gasteiger partial charge in [0.15, 0.2) is 0 Å². The van der Waals surface area contributed by atoms with Crippen LogP contribution in [0.1, 0.15) is 5.56 Å². The molecule has 0 heterocycles. The fraction of sp³-hybridized carbons (Fsp3) is 0.250. The molecule has 13 heavy (non-hydrogen) atoms. The second kappa shape index (κ2) is 3.76. The van der Waals surface area contributed by atoms with Crippen LogP contribution >= 0.6 is 0 Å². The molecule has 0 saturated heterocycles. The van der Waals surface area contributed by atoms with Gasteiger partial charge < -0.3 is 14.6 Å². The molecule has 1 atom stereocenters. The standard InChI is InChI=1S/C8H12N2O2S/c1-6-3-7(9)5-8(4-6)10(2)13(11)12/h3-5H,9H2,1-2H3,(H,11,12)/p-1. The van der Waals surface area contributed by atoms with Crippen molar-refractivity contribution in [3.05, 3.63) is 23.8 Å². The fourth-order valence-electron chi connectivity index (χ4n) is 1.06. The first-order chi connectivity index (χ1) is 6.00. The molecule has 4 nitrogen and oxygen atoms in total. The highest BCUT2D eigenvalue weighted by Gasteiger charge is 2.01. The van der Waals surface area contributed by atoms with E-state index in [1.165, 1.54) is 7.05 Å². The zero-order valence-electron chi connectivity index (χ0n) is 7.48. The van der Waals surface area contributed by atoms with Gasteiger partial charge in [-0.25, -0.2) is 0 Å². The topological polar surface area (TPSA) is 69.4 Å². The largest absolute Gasteiger partial charge is 0.755 e. The highest BCUT2D eigenvalue weighted by Crippen LogP contribution is 2.19. The van der Waals surface area contributed by atoms with Crippen molar-refractivity contribution in [3.8, 4) is 0 Å². The normalized spacial score (nSPS) is 12.5. The van der Waals surface area contributed by atoms with Crippen LogP contribution in [-0.2, 0) is 11.3 Å². The Balaban J connectivity index is 3.07. The van der Waals surface area contributed by atoms with E-state index in [1.54, 1.807) is 18.2 Å². The number of aryl methyl sites for hydroxylation is 1. The van der Waals surface area contributed by atoms with E-state index in [0.717, 1.165) is 9.87 Å². The van der Waals surface area contributed by atoms with E-state index in [2.05, 4.69) is 0 Å². The fourth-order valence-corrected chi connectivity index (χ4v) is 1.34. The maximum atomic E-state index is 10.6. The Bertz CT molecular complexity index is 321. The number of hydrogen-bond acceptors (Lipinski definition) is 3. The molecule has 0 fully saturated rings. The zero-order valence-corrected chi connectivity index (χ0v) is 8.30. The maximum Gasteiger partial charge on any atom is 0.0502 e. The van der Waals surface area contributed by atoms with Crippen LogP contribution in [0.15, 0.2) is 18.2 Å². The summed E-state index contributed by atoms with van der Waals surface area (Å²) in [6.45, 7) is 1.86. The van der Waals surface area contributed by atoms with E-state index in [0.29, 0.717) is 11.4 Å². The quantitative estimate of drug-likeness (QED) is 0.566. The third kappa shape index (κ3) is 2.43. The average molecular weight is 199 g/mol. The molecule has 0 bridgehead atoms. The summed E-state index contributed by atoms with van der Waals surface area (Å²) in [5.74, 6) is 0. The van der Waals surface area contributed by atoms with Gasteiger partial charge in [0.25, 0.3) is 0 Å². The molecule has 0 aromatic heterocycles. The molecule has 0 radical (unpaired) electrons. The lowest BCUT2D eigenvalue weighted by atomic mass is 10.2. The van der Waals surface area contributed by atoms with Crippen molar-refractivity contribution in [1.29, 1.82) is 0 Å². The number of nitrogens with zero attached hydrogens (tertiary/aromatic N) is 1. The Morgan fingerprint density at radius 2 is 2.08 bits per heavy atom. The molecule has 72 valence electrons. The van der Waals surface area contributed by atoms with E-state index in [9.17, 15) is 8.76 Å². The minimum absolute atomic E-state index is 0.562. The molecule has 0 amide bonds. The van der Waals surface area contributed by atoms with Gasteiger partial charge in [0, 0.05) is 24.0 Å². The maximum absolute atomic E-state index is 10.6. The van der Waals surface area contributed by atoms with Gasteiger partial charge in [-0.3, -0.25) is 4.21 Å². The predicted octanol–water partition coefficient (Wildman–Crippen LogP) is 0.808. The van der Waals surface area contributed by atoms with Gasteiger partial charge in [0.1, 0.15) is 0 Å². The summed E-state index contributed by atoms with van der Waals surface area (Å²) in [4.78, 5) is 0. The molecule has 0 spiro atoms. The minimum atomic E-state index is -2.25. The lowest BCUT2D eigenvalue weighted by Crippen LogP contribution is -2.19. The van der Waals surface area contributed by atoms with Crippen LogP contribution in [-0.4, -0.2) is 15.8 Å². The predicted molar refractivity (Wildman–Crippen MR) is 52.9 cm³/mol. The molecular weight excluding hydrogens is 188 g/mol. The number of hydrogen-bond donors (Lipinski definition) is 1. The van der Waals surface area contributed by atoms with Gasteiger partial charge in [-0.15, -0.1) is 0 Å². The lowest BCUT2D eigenvalue weighted by molar-refractivity contribution is 0.535. The molecule has 1 aromatic carbocycles. The molecular formula is C8H11N2O2S-. The second-order valence-electron chi connectivity index (χ2n) is 2.82. The Hall–Kier alpha value is -1.07. The highest BCUT2D eigenvalue weighted by molar-refractivity contribution is 7.80. The first-order valence-corrected chi connectivity index (χ1v) is 4.74. The number of benzene rings is 1. The minimum Gasteiger partial charge on any atom is -0.755 e. The van der Waals surface area contributed by atoms with Crippen molar-refractivity contribution < 1.29 is 8.76 Å². The van der Waals surface area contributed by atoms with Crippen LogP contribution in [0, 0.1) is 6.92 Å². The Kier molecular flexibility index (Phi) is 2.90. The van der Waals surface area contributed by atoms with Crippen LogP contribution in [0.2, 0.25) is 0 Å². The molecule has 5 heteroatoms. The van der Waals surface area contributed by atoms with Gasteiger partial charge in [0.05, 0.1) is 5.69 Å².